The van der Waals surface area contributed by atoms with Crippen molar-refractivity contribution >= 4 is 5.97 Å². The standard InChI is InChI=1S/C18H19FO3/c1-12-5-3-6-13(2)17(12)22-10-9-16(18(20)21)14-7-4-8-15(19)11-14/h3-8,11,16H,9-10H2,1-2H3,(H,20,21). The summed E-state index contributed by atoms with van der Waals surface area (Å²) in [5.74, 6) is -1.40. The Morgan fingerprint density at radius 1 is 1.18 bits per heavy atom. The number of halogens is 1. The number of carboxylic acids is 1. The van der Waals surface area contributed by atoms with Gasteiger partial charge in [-0.25, -0.2) is 4.39 Å². The predicted molar refractivity (Wildman–Crippen MR) is 82.8 cm³/mol. The summed E-state index contributed by atoms with van der Waals surface area (Å²) in [6.45, 7) is 4.16. The lowest BCUT2D eigenvalue weighted by atomic mass is 9.96. The number of carboxylic acid groups (broad SMARTS) is 1. The maximum Gasteiger partial charge on any atom is 0.311 e. The first-order valence-corrected chi connectivity index (χ1v) is 7.16. The molecule has 116 valence electrons. The first-order valence-electron chi connectivity index (χ1n) is 7.16. The molecule has 1 atom stereocenters. The molecule has 0 heterocycles. The minimum atomic E-state index is -0.976. The normalized spacial score (nSPS) is 12.0. The quantitative estimate of drug-likeness (QED) is 0.874. The Labute approximate surface area is 129 Å². The van der Waals surface area contributed by atoms with Gasteiger partial charge in [-0.15, -0.1) is 0 Å². The van der Waals surface area contributed by atoms with E-state index in [1.165, 1.54) is 18.2 Å². The Hall–Kier alpha value is -2.36. The summed E-state index contributed by atoms with van der Waals surface area (Å²) in [5.41, 5.74) is 2.48. The third kappa shape index (κ3) is 3.85. The second-order valence-corrected chi connectivity index (χ2v) is 5.30. The monoisotopic (exact) mass is 302 g/mol. The van der Waals surface area contributed by atoms with Gasteiger partial charge in [-0.1, -0.05) is 30.3 Å². The molecule has 0 bridgehead atoms. The van der Waals surface area contributed by atoms with Crippen LogP contribution in [0, 0.1) is 19.7 Å². The van der Waals surface area contributed by atoms with E-state index in [-0.39, 0.29) is 13.0 Å². The molecular weight excluding hydrogens is 283 g/mol. The van der Waals surface area contributed by atoms with E-state index < -0.39 is 17.7 Å². The van der Waals surface area contributed by atoms with Crippen LogP contribution in [-0.4, -0.2) is 17.7 Å². The number of aliphatic carboxylic acids is 1. The van der Waals surface area contributed by atoms with Crippen molar-refractivity contribution < 1.29 is 19.0 Å². The molecule has 2 rings (SSSR count). The maximum absolute atomic E-state index is 13.3. The molecule has 0 fully saturated rings. The zero-order valence-electron chi connectivity index (χ0n) is 12.7. The molecule has 0 aliphatic carbocycles. The van der Waals surface area contributed by atoms with Crippen molar-refractivity contribution in [1.29, 1.82) is 0 Å². The Balaban J connectivity index is 2.06. The highest BCUT2D eigenvalue weighted by Gasteiger charge is 2.20. The van der Waals surface area contributed by atoms with Gasteiger partial charge in [0.15, 0.2) is 0 Å². The van der Waals surface area contributed by atoms with Crippen LogP contribution in [0.1, 0.15) is 29.0 Å². The predicted octanol–water partition coefficient (Wildman–Crippen LogP) is 4.08. The summed E-state index contributed by atoms with van der Waals surface area (Å²) in [5, 5.41) is 9.35. The lowest BCUT2D eigenvalue weighted by Gasteiger charge is -2.15. The van der Waals surface area contributed by atoms with Crippen LogP contribution in [-0.2, 0) is 4.79 Å². The van der Waals surface area contributed by atoms with Gasteiger partial charge in [-0.05, 0) is 49.1 Å². The third-order valence-electron chi connectivity index (χ3n) is 3.61. The minimum Gasteiger partial charge on any atom is -0.493 e. The van der Waals surface area contributed by atoms with Crippen LogP contribution in [0.2, 0.25) is 0 Å². The summed E-state index contributed by atoms with van der Waals surface area (Å²) < 4.78 is 19.0. The average molecular weight is 302 g/mol. The van der Waals surface area contributed by atoms with Crippen molar-refractivity contribution in [2.45, 2.75) is 26.2 Å². The van der Waals surface area contributed by atoms with Crippen LogP contribution in [0.4, 0.5) is 4.39 Å². The topological polar surface area (TPSA) is 46.5 Å². The Morgan fingerprint density at radius 2 is 1.82 bits per heavy atom. The number of ether oxygens (including phenoxy) is 1. The molecule has 0 aliphatic heterocycles. The Bertz CT molecular complexity index is 647. The third-order valence-corrected chi connectivity index (χ3v) is 3.61. The largest absolute Gasteiger partial charge is 0.493 e. The molecule has 3 nitrogen and oxygen atoms in total. The molecular formula is C18H19FO3. The molecule has 0 spiro atoms. The average Bonchev–Trinajstić information content (AvgIpc) is 2.45. The molecule has 1 N–H and O–H groups in total. The molecule has 1 unspecified atom stereocenters. The fourth-order valence-electron chi connectivity index (χ4n) is 2.46. The van der Waals surface area contributed by atoms with E-state index in [9.17, 15) is 14.3 Å². The molecule has 0 aromatic heterocycles. The summed E-state index contributed by atoms with van der Waals surface area (Å²) in [4.78, 5) is 11.4. The van der Waals surface area contributed by atoms with E-state index in [0.717, 1.165) is 16.9 Å². The van der Waals surface area contributed by atoms with E-state index in [1.807, 2.05) is 32.0 Å². The van der Waals surface area contributed by atoms with Crippen LogP contribution >= 0.6 is 0 Å². The van der Waals surface area contributed by atoms with Gasteiger partial charge >= 0.3 is 5.97 Å². The van der Waals surface area contributed by atoms with Crippen molar-refractivity contribution in [2.24, 2.45) is 0 Å². The molecule has 4 heteroatoms. The van der Waals surface area contributed by atoms with E-state index >= 15 is 0 Å². The van der Waals surface area contributed by atoms with Crippen molar-refractivity contribution in [3.05, 3.63) is 65.0 Å². The van der Waals surface area contributed by atoms with Gasteiger partial charge < -0.3 is 9.84 Å². The van der Waals surface area contributed by atoms with Gasteiger partial charge in [-0.3, -0.25) is 4.79 Å². The molecule has 0 saturated carbocycles. The second kappa shape index (κ2) is 7.07. The zero-order chi connectivity index (χ0) is 16.1. The van der Waals surface area contributed by atoms with Crippen LogP contribution in [0.15, 0.2) is 42.5 Å². The van der Waals surface area contributed by atoms with Crippen LogP contribution in [0.3, 0.4) is 0 Å². The van der Waals surface area contributed by atoms with E-state index in [4.69, 9.17) is 4.74 Å². The van der Waals surface area contributed by atoms with Crippen LogP contribution in [0.5, 0.6) is 5.75 Å². The highest BCUT2D eigenvalue weighted by molar-refractivity contribution is 5.76. The molecule has 0 amide bonds. The summed E-state index contributed by atoms with van der Waals surface area (Å²) >= 11 is 0. The van der Waals surface area contributed by atoms with Crippen molar-refractivity contribution in [1.82, 2.24) is 0 Å². The van der Waals surface area contributed by atoms with Crippen molar-refractivity contribution in [3.8, 4) is 5.75 Å². The van der Waals surface area contributed by atoms with Gasteiger partial charge in [0.05, 0.1) is 12.5 Å². The number of para-hydroxylation sites is 1. The van der Waals surface area contributed by atoms with Gasteiger partial charge in [0.25, 0.3) is 0 Å². The van der Waals surface area contributed by atoms with Crippen molar-refractivity contribution in [2.75, 3.05) is 6.61 Å². The van der Waals surface area contributed by atoms with E-state index in [2.05, 4.69) is 0 Å². The molecule has 2 aromatic carbocycles. The molecule has 0 saturated heterocycles. The summed E-state index contributed by atoms with van der Waals surface area (Å²) in [7, 11) is 0. The first-order chi connectivity index (χ1) is 10.5. The number of rotatable bonds is 6. The smallest absolute Gasteiger partial charge is 0.311 e. The molecule has 22 heavy (non-hydrogen) atoms. The van der Waals surface area contributed by atoms with Gasteiger partial charge in [-0.2, -0.15) is 0 Å². The lowest BCUT2D eigenvalue weighted by Crippen LogP contribution is -2.15. The van der Waals surface area contributed by atoms with Crippen LogP contribution < -0.4 is 4.74 Å². The fourth-order valence-corrected chi connectivity index (χ4v) is 2.46. The van der Waals surface area contributed by atoms with E-state index in [0.29, 0.717) is 5.56 Å². The zero-order valence-corrected chi connectivity index (χ0v) is 12.7. The Kier molecular flexibility index (Phi) is 5.15. The van der Waals surface area contributed by atoms with Crippen LogP contribution in [0.25, 0.3) is 0 Å². The van der Waals surface area contributed by atoms with E-state index in [1.54, 1.807) is 6.07 Å². The number of carbonyl (C=O) groups is 1. The fraction of sp³-hybridized carbons (Fsp3) is 0.278. The lowest BCUT2D eigenvalue weighted by molar-refractivity contribution is -0.139. The maximum atomic E-state index is 13.3. The highest BCUT2D eigenvalue weighted by atomic mass is 19.1. The van der Waals surface area contributed by atoms with Gasteiger partial charge in [0.1, 0.15) is 11.6 Å². The number of hydrogen-bond donors (Lipinski definition) is 1. The van der Waals surface area contributed by atoms with Crippen molar-refractivity contribution in [3.63, 3.8) is 0 Å². The molecule has 0 radical (unpaired) electrons. The highest BCUT2D eigenvalue weighted by Crippen LogP contribution is 2.25. The number of hydrogen-bond acceptors (Lipinski definition) is 2. The number of benzene rings is 2. The molecule has 0 aliphatic rings. The SMILES string of the molecule is Cc1cccc(C)c1OCCC(C(=O)O)c1cccc(F)c1. The summed E-state index contributed by atoms with van der Waals surface area (Å²) in [6.07, 6.45) is 0.284. The second-order valence-electron chi connectivity index (χ2n) is 5.30. The number of aryl methyl sites for hydroxylation is 2. The Morgan fingerprint density at radius 3 is 2.41 bits per heavy atom. The van der Waals surface area contributed by atoms with Gasteiger partial charge in [0, 0.05) is 0 Å². The minimum absolute atomic E-state index is 0.263. The molecule has 2 aromatic rings. The van der Waals surface area contributed by atoms with Gasteiger partial charge in [0.2, 0.25) is 0 Å². The summed E-state index contributed by atoms with van der Waals surface area (Å²) in [6, 6.07) is 11.6. The first kappa shape index (κ1) is 16.0.